The van der Waals surface area contributed by atoms with Crippen molar-refractivity contribution in [2.24, 2.45) is 0 Å². The summed E-state index contributed by atoms with van der Waals surface area (Å²) in [7, 11) is 0. The summed E-state index contributed by atoms with van der Waals surface area (Å²) in [5.41, 5.74) is -0.650. The molecule has 0 aliphatic carbocycles. The molecule has 2 aromatic carbocycles. The van der Waals surface area contributed by atoms with Crippen LogP contribution < -0.4 is 10.6 Å². The van der Waals surface area contributed by atoms with Gasteiger partial charge >= 0.3 is 0 Å². The third-order valence-corrected chi connectivity index (χ3v) is 5.07. The van der Waals surface area contributed by atoms with Crippen LogP contribution in [-0.4, -0.2) is 42.9 Å². The van der Waals surface area contributed by atoms with E-state index in [1.807, 2.05) is 67.6 Å². The maximum atomic E-state index is 13.5. The number of piperidine rings is 1. The molecular weight excluding hydrogens is 340 g/mol. The molecule has 0 saturated carbocycles. The summed E-state index contributed by atoms with van der Waals surface area (Å²) in [5.74, 6) is -0.263. The lowest BCUT2D eigenvalue weighted by molar-refractivity contribution is -0.144. The molecule has 0 aromatic heterocycles. The zero-order chi connectivity index (χ0) is 19.2. The summed E-state index contributed by atoms with van der Waals surface area (Å²) in [6.07, 6.45) is 1.55. The van der Waals surface area contributed by atoms with Crippen molar-refractivity contribution in [1.29, 1.82) is 0 Å². The summed E-state index contributed by atoms with van der Waals surface area (Å²) in [5, 5.41) is 16.9. The van der Waals surface area contributed by atoms with Gasteiger partial charge in [-0.2, -0.15) is 0 Å². The van der Waals surface area contributed by atoms with Crippen molar-refractivity contribution < 1.29 is 14.6 Å². The fourth-order valence-corrected chi connectivity index (χ4v) is 3.70. The molecule has 144 valence electrons. The van der Waals surface area contributed by atoms with Gasteiger partial charge in [-0.05, 0) is 37.4 Å². The zero-order valence-corrected chi connectivity index (χ0v) is 15.8. The van der Waals surface area contributed by atoms with E-state index in [2.05, 4.69) is 10.6 Å². The number of nitrogens with one attached hydrogen (secondary N) is 2. The van der Waals surface area contributed by atoms with E-state index in [0.717, 1.165) is 24.1 Å². The average Bonchev–Trinajstić information content (AvgIpc) is 2.72. The highest BCUT2D eigenvalue weighted by Gasteiger charge is 2.44. The Kier molecular flexibility index (Phi) is 6.26. The first kappa shape index (κ1) is 19.5. The molecule has 2 aromatic rings. The van der Waals surface area contributed by atoms with Crippen LogP contribution in [0.1, 0.15) is 30.9 Å². The molecule has 0 spiro atoms. The van der Waals surface area contributed by atoms with E-state index in [1.165, 1.54) is 0 Å². The molecule has 1 unspecified atom stereocenters. The van der Waals surface area contributed by atoms with Crippen LogP contribution in [0.15, 0.2) is 60.7 Å². The highest BCUT2D eigenvalue weighted by atomic mass is 16.5. The average molecular weight is 368 g/mol. The van der Waals surface area contributed by atoms with Gasteiger partial charge in [0.05, 0.1) is 5.60 Å². The van der Waals surface area contributed by atoms with Gasteiger partial charge in [-0.15, -0.1) is 0 Å². The Labute approximate surface area is 160 Å². The lowest BCUT2D eigenvalue weighted by atomic mass is 9.84. The molecule has 5 nitrogen and oxygen atoms in total. The first-order valence-electron chi connectivity index (χ1n) is 9.57. The molecule has 1 fully saturated rings. The minimum Gasteiger partial charge on any atom is -0.387 e. The predicted octanol–water partition coefficient (Wildman–Crippen LogP) is 2.20. The van der Waals surface area contributed by atoms with Crippen LogP contribution in [-0.2, 0) is 15.1 Å². The molecule has 3 N–H and O–H groups in total. The number of rotatable bonds is 7. The number of ether oxygens (including phenoxy) is 1. The van der Waals surface area contributed by atoms with Crippen molar-refractivity contribution in [3.8, 4) is 0 Å². The van der Waals surface area contributed by atoms with Gasteiger partial charge < -0.3 is 20.5 Å². The van der Waals surface area contributed by atoms with Crippen molar-refractivity contribution in [2.75, 3.05) is 26.2 Å². The van der Waals surface area contributed by atoms with Gasteiger partial charge in [-0.25, -0.2) is 0 Å². The van der Waals surface area contributed by atoms with Crippen LogP contribution in [0.3, 0.4) is 0 Å². The first-order valence-corrected chi connectivity index (χ1v) is 9.57. The van der Waals surface area contributed by atoms with E-state index in [-0.39, 0.29) is 12.5 Å². The summed E-state index contributed by atoms with van der Waals surface area (Å²) in [4.78, 5) is 13.5. The maximum Gasteiger partial charge on any atom is 0.261 e. The highest BCUT2D eigenvalue weighted by molar-refractivity contribution is 5.90. The van der Waals surface area contributed by atoms with Gasteiger partial charge in [0.15, 0.2) is 5.60 Å². The summed E-state index contributed by atoms with van der Waals surface area (Å²) < 4.78 is 6.13. The number of carbonyl (C=O) groups excluding carboxylic acids is 1. The number of β-amino-alcohol motifs (C(OH)–C–C–N with tert-alkyl or cyclic N) is 1. The van der Waals surface area contributed by atoms with Crippen LogP contribution in [0.2, 0.25) is 0 Å². The quantitative estimate of drug-likeness (QED) is 0.701. The Morgan fingerprint density at radius 1 is 1.15 bits per heavy atom. The van der Waals surface area contributed by atoms with Crippen LogP contribution in [0.25, 0.3) is 0 Å². The van der Waals surface area contributed by atoms with Gasteiger partial charge in [0, 0.05) is 19.7 Å². The van der Waals surface area contributed by atoms with Gasteiger partial charge in [0.1, 0.15) is 0 Å². The number of amides is 1. The maximum absolute atomic E-state index is 13.5. The Bertz CT molecular complexity index is 688. The zero-order valence-electron chi connectivity index (χ0n) is 15.8. The van der Waals surface area contributed by atoms with E-state index in [4.69, 9.17) is 4.74 Å². The molecule has 1 heterocycles. The van der Waals surface area contributed by atoms with Crippen molar-refractivity contribution in [1.82, 2.24) is 10.6 Å². The molecule has 27 heavy (non-hydrogen) atoms. The number of carbonyl (C=O) groups is 1. The third-order valence-electron chi connectivity index (χ3n) is 5.07. The molecule has 0 radical (unpaired) electrons. The molecular formula is C22H28N2O3. The minimum absolute atomic E-state index is 0.188. The van der Waals surface area contributed by atoms with Crippen LogP contribution in [0, 0.1) is 0 Å². The lowest BCUT2D eigenvalue weighted by Crippen LogP contribution is -2.56. The van der Waals surface area contributed by atoms with Crippen LogP contribution in [0.5, 0.6) is 0 Å². The van der Waals surface area contributed by atoms with Gasteiger partial charge in [-0.3, -0.25) is 4.79 Å². The summed E-state index contributed by atoms with van der Waals surface area (Å²) >= 11 is 0. The third kappa shape index (κ3) is 4.21. The standard InChI is InChI=1S/C22H28N2O3/c1-2-27-22(18-10-5-3-6-11-18,19-12-7-4-8-13-19)20(25)24-17-21(26)14-9-15-23-16-21/h3-8,10-13,23,26H,2,9,14-17H2,1H3,(H,24,25). The van der Waals surface area contributed by atoms with E-state index in [1.54, 1.807) is 0 Å². The highest BCUT2D eigenvalue weighted by Crippen LogP contribution is 2.34. The molecule has 5 heteroatoms. The number of hydrogen-bond donors (Lipinski definition) is 3. The fraction of sp³-hybridized carbons (Fsp3) is 0.409. The minimum atomic E-state index is -1.25. The molecule has 1 saturated heterocycles. The van der Waals surface area contributed by atoms with E-state index >= 15 is 0 Å². The smallest absolute Gasteiger partial charge is 0.261 e. The van der Waals surface area contributed by atoms with Gasteiger partial charge in [0.2, 0.25) is 0 Å². The van der Waals surface area contributed by atoms with Crippen molar-refractivity contribution in [2.45, 2.75) is 31.0 Å². The number of aliphatic hydroxyl groups is 1. The molecule has 1 amide bonds. The van der Waals surface area contributed by atoms with E-state index in [9.17, 15) is 9.90 Å². The molecule has 1 atom stereocenters. The molecule has 0 bridgehead atoms. The topological polar surface area (TPSA) is 70.6 Å². The van der Waals surface area contributed by atoms with Gasteiger partial charge in [0.25, 0.3) is 5.91 Å². The second-order valence-electron chi connectivity index (χ2n) is 7.03. The predicted molar refractivity (Wildman–Crippen MR) is 105 cm³/mol. The molecule has 3 rings (SSSR count). The normalized spacial score (nSPS) is 20.2. The SMILES string of the molecule is CCOC(C(=O)NCC1(O)CCCNC1)(c1ccccc1)c1ccccc1. The Balaban J connectivity index is 1.94. The van der Waals surface area contributed by atoms with Crippen molar-refractivity contribution >= 4 is 5.91 Å². The largest absolute Gasteiger partial charge is 0.387 e. The molecule has 1 aliphatic heterocycles. The first-order chi connectivity index (χ1) is 13.1. The number of benzene rings is 2. The Morgan fingerprint density at radius 2 is 1.74 bits per heavy atom. The second-order valence-corrected chi connectivity index (χ2v) is 7.03. The van der Waals surface area contributed by atoms with Crippen molar-refractivity contribution in [3.05, 3.63) is 71.8 Å². The Hall–Kier alpha value is -2.21. The number of hydrogen-bond acceptors (Lipinski definition) is 4. The van der Waals surface area contributed by atoms with Crippen LogP contribution >= 0.6 is 0 Å². The second kappa shape index (κ2) is 8.65. The fourth-order valence-electron chi connectivity index (χ4n) is 3.70. The monoisotopic (exact) mass is 368 g/mol. The lowest BCUT2D eigenvalue weighted by Gasteiger charge is -2.36. The Morgan fingerprint density at radius 3 is 2.22 bits per heavy atom. The summed E-state index contributed by atoms with van der Waals surface area (Å²) in [6.45, 7) is 3.82. The van der Waals surface area contributed by atoms with Crippen molar-refractivity contribution in [3.63, 3.8) is 0 Å². The molecule has 1 aliphatic rings. The van der Waals surface area contributed by atoms with Gasteiger partial charge in [-0.1, -0.05) is 60.7 Å². The van der Waals surface area contributed by atoms with E-state index < -0.39 is 11.2 Å². The summed E-state index contributed by atoms with van der Waals surface area (Å²) in [6, 6.07) is 19.0. The van der Waals surface area contributed by atoms with E-state index in [0.29, 0.717) is 19.6 Å². The van der Waals surface area contributed by atoms with Crippen LogP contribution in [0.4, 0.5) is 0 Å².